The Morgan fingerprint density at radius 2 is 2.25 bits per heavy atom. The number of hydrogen-bond acceptors (Lipinski definition) is 3. The van der Waals surface area contributed by atoms with Crippen LogP contribution in [0.15, 0.2) is 33.7 Å². The van der Waals surface area contributed by atoms with Crippen LogP contribution in [0.3, 0.4) is 0 Å². The summed E-state index contributed by atoms with van der Waals surface area (Å²) in [7, 11) is 1.85. The van der Waals surface area contributed by atoms with Gasteiger partial charge in [-0.05, 0) is 45.6 Å². The lowest BCUT2D eigenvalue weighted by Gasteiger charge is -2.15. The first kappa shape index (κ1) is 11.7. The summed E-state index contributed by atoms with van der Waals surface area (Å²) in [5, 5.41) is 7.20. The average molecular weight is 301 g/mol. The fourth-order valence-corrected chi connectivity index (χ4v) is 3.14. The zero-order valence-electron chi connectivity index (χ0n) is 8.58. The standard InChI is InChI=1S/C11H10BrFN2S/c1-14-11(9-5-16-6-10(9)12)7-2-8(13)4-15-3-7/h2-6,11,14H,1H3. The maximum atomic E-state index is 13.1. The summed E-state index contributed by atoms with van der Waals surface area (Å²) in [4.78, 5) is 3.87. The van der Waals surface area contributed by atoms with Crippen molar-refractivity contribution in [1.29, 1.82) is 0 Å². The summed E-state index contributed by atoms with van der Waals surface area (Å²) in [5.74, 6) is -0.316. The molecule has 0 aliphatic carbocycles. The van der Waals surface area contributed by atoms with E-state index in [1.165, 1.54) is 12.3 Å². The molecule has 2 nitrogen and oxygen atoms in total. The largest absolute Gasteiger partial charge is 0.309 e. The van der Waals surface area contributed by atoms with Crippen LogP contribution in [0.4, 0.5) is 4.39 Å². The molecule has 2 heterocycles. The second-order valence-electron chi connectivity index (χ2n) is 3.33. The van der Waals surface area contributed by atoms with Gasteiger partial charge in [-0.3, -0.25) is 4.98 Å². The first-order valence-electron chi connectivity index (χ1n) is 4.71. The number of nitrogens with one attached hydrogen (secondary N) is 1. The number of rotatable bonds is 3. The summed E-state index contributed by atoms with van der Waals surface area (Å²) >= 11 is 5.09. The Labute approximate surface area is 106 Å². The van der Waals surface area contributed by atoms with Crippen molar-refractivity contribution in [2.24, 2.45) is 0 Å². The van der Waals surface area contributed by atoms with Gasteiger partial charge in [0.05, 0.1) is 12.2 Å². The maximum absolute atomic E-state index is 13.1. The van der Waals surface area contributed by atoms with Crippen LogP contribution in [0.2, 0.25) is 0 Å². The van der Waals surface area contributed by atoms with Crippen molar-refractivity contribution < 1.29 is 4.39 Å². The number of hydrogen-bond donors (Lipinski definition) is 1. The zero-order chi connectivity index (χ0) is 11.5. The lowest BCUT2D eigenvalue weighted by atomic mass is 10.0. The Hall–Kier alpha value is -0.780. The second-order valence-corrected chi connectivity index (χ2v) is 4.93. The van der Waals surface area contributed by atoms with Gasteiger partial charge in [-0.25, -0.2) is 4.39 Å². The van der Waals surface area contributed by atoms with Crippen LogP contribution >= 0.6 is 27.3 Å². The van der Waals surface area contributed by atoms with Gasteiger partial charge in [0.2, 0.25) is 0 Å². The van der Waals surface area contributed by atoms with Crippen LogP contribution in [0.25, 0.3) is 0 Å². The van der Waals surface area contributed by atoms with Crippen LogP contribution in [0.1, 0.15) is 17.2 Å². The first-order valence-corrected chi connectivity index (χ1v) is 6.45. The topological polar surface area (TPSA) is 24.9 Å². The van der Waals surface area contributed by atoms with Crippen LogP contribution in [-0.4, -0.2) is 12.0 Å². The Kier molecular flexibility index (Phi) is 3.68. The maximum Gasteiger partial charge on any atom is 0.141 e. The van der Waals surface area contributed by atoms with Gasteiger partial charge in [-0.1, -0.05) is 0 Å². The molecule has 0 radical (unpaired) electrons. The summed E-state index contributed by atoms with van der Waals surface area (Å²) in [6, 6.07) is 1.46. The molecule has 5 heteroatoms. The fraction of sp³-hybridized carbons (Fsp3) is 0.182. The SMILES string of the molecule is CNC(c1cncc(F)c1)c1cscc1Br. The van der Waals surface area contributed by atoms with Gasteiger partial charge >= 0.3 is 0 Å². The molecule has 0 bridgehead atoms. The summed E-state index contributed by atoms with van der Waals surface area (Å²) in [5.41, 5.74) is 1.92. The van der Waals surface area contributed by atoms with Crippen molar-refractivity contribution in [2.45, 2.75) is 6.04 Å². The van der Waals surface area contributed by atoms with Crippen LogP contribution in [-0.2, 0) is 0 Å². The molecule has 0 aromatic carbocycles. The molecule has 2 aromatic rings. The van der Waals surface area contributed by atoms with Gasteiger partial charge in [0, 0.05) is 16.0 Å². The van der Waals surface area contributed by atoms with E-state index in [1.807, 2.05) is 17.8 Å². The number of thiophene rings is 1. The summed E-state index contributed by atoms with van der Waals surface area (Å²) < 4.78 is 14.1. The van der Waals surface area contributed by atoms with Gasteiger partial charge in [0.25, 0.3) is 0 Å². The van der Waals surface area contributed by atoms with Crippen molar-refractivity contribution in [1.82, 2.24) is 10.3 Å². The minimum Gasteiger partial charge on any atom is -0.309 e. The molecule has 1 N–H and O–H groups in total. The molecule has 84 valence electrons. The third kappa shape index (κ3) is 2.31. The smallest absolute Gasteiger partial charge is 0.141 e. The molecule has 0 saturated heterocycles. The van der Waals surface area contributed by atoms with E-state index in [0.717, 1.165) is 15.6 Å². The Morgan fingerprint density at radius 1 is 1.44 bits per heavy atom. The highest BCUT2D eigenvalue weighted by Gasteiger charge is 2.16. The minimum atomic E-state index is -0.316. The highest BCUT2D eigenvalue weighted by Crippen LogP contribution is 2.31. The summed E-state index contributed by atoms with van der Waals surface area (Å²) in [6.07, 6.45) is 2.88. The first-order chi connectivity index (χ1) is 7.72. The van der Waals surface area contributed by atoms with Crippen molar-refractivity contribution in [3.63, 3.8) is 0 Å². The molecule has 0 saturated carbocycles. The number of pyridine rings is 1. The Bertz CT molecular complexity index is 486. The van der Waals surface area contributed by atoms with E-state index < -0.39 is 0 Å². The van der Waals surface area contributed by atoms with Crippen molar-refractivity contribution in [3.05, 3.63) is 50.6 Å². The fourth-order valence-electron chi connectivity index (χ4n) is 1.59. The van der Waals surface area contributed by atoms with E-state index in [9.17, 15) is 4.39 Å². The van der Waals surface area contributed by atoms with Gasteiger partial charge in [0.1, 0.15) is 5.82 Å². The Morgan fingerprint density at radius 3 is 2.81 bits per heavy atom. The molecule has 2 aromatic heterocycles. The van der Waals surface area contributed by atoms with Crippen LogP contribution in [0, 0.1) is 5.82 Å². The molecular weight excluding hydrogens is 291 g/mol. The van der Waals surface area contributed by atoms with Gasteiger partial charge < -0.3 is 5.32 Å². The molecule has 16 heavy (non-hydrogen) atoms. The van der Waals surface area contributed by atoms with E-state index in [-0.39, 0.29) is 11.9 Å². The van der Waals surface area contributed by atoms with Crippen molar-refractivity contribution >= 4 is 27.3 Å². The number of aromatic nitrogens is 1. The minimum absolute atomic E-state index is 0.0381. The molecule has 0 aliphatic heterocycles. The van der Waals surface area contributed by atoms with Crippen molar-refractivity contribution in [3.8, 4) is 0 Å². The molecule has 1 unspecified atom stereocenters. The molecule has 0 aliphatic rings. The third-order valence-electron chi connectivity index (χ3n) is 2.30. The van der Waals surface area contributed by atoms with Crippen LogP contribution < -0.4 is 5.32 Å². The normalized spacial score (nSPS) is 12.7. The van der Waals surface area contributed by atoms with E-state index >= 15 is 0 Å². The molecule has 2 rings (SSSR count). The highest BCUT2D eigenvalue weighted by molar-refractivity contribution is 9.10. The van der Waals surface area contributed by atoms with E-state index in [1.54, 1.807) is 17.5 Å². The molecule has 0 spiro atoms. The lowest BCUT2D eigenvalue weighted by Crippen LogP contribution is -2.17. The Balaban J connectivity index is 2.40. The quantitative estimate of drug-likeness (QED) is 0.940. The average Bonchev–Trinajstić information content (AvgIpc) is 2.67. The van der Waals surface area contributed by atoms with Crippen LogP contribution in [0.5, 0.6) is 0 Å². The van der Waals surface area contributed by atoms with Gasteiger partial charge in [0.15, 0.2) is 0 Å². The molecule has 1 atom stereocenters. The van der Waals surface area contributed by atoms with Crippen molar-refractivity contribution in [2.75, 3.05) is 7.05 Å². The lowest BCUT2D eigenvalue weighted by molar-refractivity contribution is 0.608. The predicted molar refractivity (Wildman–Crippen MR) is 67.1 cm³/mol. The van der Waals surface area contributed by atoms with Gasteiger partial charge in [-0.2, -0.15) is 11.3 Å². The third-order valence-corrected chi connectivity index (χ3v) is 4.05. The zero-order valence-corrected chi connectivity index (χ0v) is 11.0. The van der Waals surface area contributed by atoms with E-state index in [4.69, 9.17) is 0 Å². The van der Waals surface area contributed by atoms with E-state index in [0.29, 0.717) is 0 Å². The molecule has 0 fully saturated rings. The predicted octanol–water partition coefficient (Wildman–Crippen LogP) is 3.35. The van der Waals surface area contributed by atoms with Gasteiger partial charge in [-0.15, -0.1) is 0 Å². The number of halogens is 2. The molecule has 0 amide bonds. The summed E-state index contributed by atoms with van der Waals surface area (Å²) in [6.45, 7) is 0. The van der Waals surface area contributed by atoms with E-state index in [2.05, 4.69) is 26.2 Å². The highest BCUT2D eigenvalue weighted by atomic mass is 79.9. The number of nitrogens with zero attached hydrogens (tertiary/aromatic N) is 1. The second kappa shape index (κ2) is 5.03. The monoisotopic (exact) mass is 300 g/mol. The molecular formula is C11H10BrFN2S.